The zero-order chi connectivity index (χ0) is 45.8. The lowest BCUT2D eigenvalue weighted by molar-refractivity contribution is -0.143. The number of ether oxygens (including phenoxy) is 3. The van der Waals surface area contributed by atoms with E-state index in [1.165, 1.54) is 4.90 Å². The Hall–Kier alpha value is -5.70. The van der Waals surface area contributed by atoms with Gasteiger partial charge in [0.25, 0.3) is 5.91 Å². The van der Waals surface area contributed by atoms with Gasteiger partial charge >= 0.3 is 6.09 Å². The predicted molar refractivity (Wildman–Crippen MR) is 242 cm³/mol. The number of pyridine rings is 1. The van der Waals surface area contributed by atoms with Crippen LogP contribution in [0, 0.1) is 17.3 Å². The molecule has 3 N–H and O–H groups in total. The van der Waals surface area contributed by atoms with E-state index in [2.05, 4.69) is 15.4 Å². The quantitative estimate of drug-likeness (QED) is 0.123. The minimum atomic E-state index is -4.14. The number of aromatic nitrogens is 1. The summed E-state index contributed by atoms with van der Waals surface area (Å²) in [5.74, 6) is -0.925. The predicted octanol–water partition coefficient (Wildman–Crippen LogP) is 6.70. The standard InChI is InChI=1S/C49H59N5O9S/c1-46(2,3)41(51-45(58)63-47(4,5)6)43(56)54-29-34(62-40-26-37(32-16-12-9-13-17-32)50-38-24-33(61-7)20-21-35(38)40)25-39(54)42(55)52-49(28-36(49)31-18-19-31)44(57)53-64(59,60)48(22-23-48)27-30-14-10-8-11-15-30/h8-17,20-21,24,26,31,34,36,39,41H,18-19,22-23,25,27-29H2,1-7H3,(H,51,58)(H,52,55)(H,53,57). The van der Waals surface area contributed by atoms with E-state index in [1.54, 1.807) is 33.9 Å². The molecule has 15 heteroatoms. The number of benzene rings is 3. The molecule has 1 aliphatic heterocycles. The molecule has 1 saturated heterocycles. The molecule has 14 nitrogen and oxygen atoms in total. The van der Waals surface area contributed by atoms with Crippen LogP contribution >= 0.6 is 0 Å². The van der Waals surface area contributed by atoms with Gasteiger partial charge in [-0.15, -0.1) is 0 Å². The molecule has 3 aromatic carbocycles. The molecule has 0 spiro atoms. The molecule has 340 valence electrons. The van der Waals surface area contributed by atoms with E-state index in [0.717, 1.165) is 24.0 Å². The average Bonchev–Trinajstić information content (AvgIpc) is 4.16. The van der Waals surface area contributed by atoms with Gasteiger partial charge in [0.1, 0.15) is 40.8 Å². The van der Waals surface area contributed by atoms with E-state index in [9.17, 15) is 27.6 Å². The van der Waals surface area contributed by atoms with Crippen LogP contribution in [-0.2, 0) is 35.6 Å². The lowest BCUT2D eigenvalue weighted by atomic mass is 9.85. The van der Waals surface area contributed by atoms with Gasteiger partial charge < -0.3 is 29.7 Å². The normalized spacial score (nSPS) is 23.1. The molecule has 0 radical (unpaired) electrons. The first-order valence-electron chi connectivity index (χ1n) is 22.1. The number of amides is 4. The Balaban J connectivity index is 1.10. The van der Waals surface area contributed by atoms with Crippen molar-refractivity contribution in [2.45, 2.75) is 121 Å². The Kier molecular flexibility index (Phi) is 11.7. The van der Waals surface area contributed by atoms with Crippen molar-refractivity contribution in [3.05, 3.63) is 90.5 Å². The van der Waals surface area contributed by atoms with E-state index in [-0.39, 0.29) is 37.6 Å². The Morgan fingerprint density at radius 1 is 0.906 bits per heavy atom. The van der Waals surface area contributed by atoms with E-state index in [4.69, 9.17) is 19.2 Å². The maximum atomic E-state index is 14.9. The monoisotopic (exact) mass is 893 g/mol. The second-order valence-electron chi connectivity index (χ2n) is 20.1. The van der Waals surface area contributed by atoms with Gasteiger partial charge in [0.15, 0.2) is 0 Å². The third kappa shape index (κ3) is 9.41. The Morgan fingerprint density at radius 3 is 2.19 bits per heavy atom. The number of alkyl carbamates (subject to hydrolysis) is 1. The van der Waals surface area contributed by atoms with Crippen molar-refractivity contribution >= 4 is 44.7 Å². The molecule has 5 atom stereocenters. The van der Waals surface area contributed by atoms with Crippen molar-refractivity contribution in [1.82, 2.24) is 25.2 Å². The number of sulfonamides is 1. The number of methoxy groups -OCH3 is 1. The maximum Gasteiger partial charge on any atom is 0.408 e. The minimum Gasteiger partial charge on any atom is -0.497 e. The summed E-state index contributed by atoms with van der Waals surface area (Å²) in [7, 11) is -2.56. The first-order valence-corrected chi connectivity index (χ1v) is 23.6. The molecule has 4 aliphatic rings. The molecule has 4 fully saturated rings. The van der Waals surface area contributed by atoms with E-state index in [0.29, 0.717) is 40.9 Å². The highest BCUT2D eigenvalue weighted by Gasteiger charge is 2.68. The van der Waals surface area contributed by atoms with Crippen molar-refractivity contribution in [3.63, 3.8) is 0 Å². The molecule has 1 aromatic heterocycles. The fraction of sp³-hybridized carbons (Fsp3) is 0.490. The minimum absolute atomic E-state index is 0.0335. The highest BCUT2D eigenvalue weighted by Crippen LogP contribution is 2.58. The van der Waals surface area contributed by atoms with Gasteiger partial charge in [-0.05, 0) is 94.2 Å². The van der Waals surface area contributed by atoms with Crippen LogP contribution in [0.2, 0.25) is 0 Å². The van der Waals surface area contributed by atoms with Crippen molar-refractivity contribution in [2.24, 2.45) is 17.3 Å². The summed E-state index contributed by atoms with van der Waals surface area (Å²) in [4.78, 5) is 63.8. The fourth-order valence-electron chi connectivity index (χ4n) is 9.04. The largest absolute Gasteiger partial charge is 0.497 e. The molecule has 0 bridgehead atoms. The van der Waals surface area contributed by atoms with Gasteiger partial charge in [0.05, 0.1) is 29.6 Å². The molecule has 3 saturated carbocycles. The number of likely N-dealkylation sites (tertiary alicyclic amines) is 1. The molecular formula is C49H59N5O9S. The van der Waals surface area contributed by atoms with E-state index < -0.39 is 73.3 Å². The van der Waals surface area contributed by atoms with Crippen LogP contribution < -0.4 is 24.8 Å². The summed E-state index contributed by atoms with van der Waals surface area (Å²) in [5, 5.41) is 6.47. The van der Waals surface area contributed by atoms with Crippen molar-refractivity contribution in [1.29, 1.82) is 0 Å². The van der Waals surface area contributed by atoms with Gasteiger partial charge in [-0.1, -0.05) is 81.4 Å². The average molecular weight is 894 g/mol. The third-order valence-corrected chi connectivity index (χ3v) is 15.0. The van der Waals surface area contributed by atoms with Gasteiger partial charge in [-0.2, -0.15) is 0 Å². The topological polar surface area (TPSA) is 182 Å². The maximum absolute atomic E-state index is 14.9. The zero-order valence-corrected chi connectivity index (χ0v) is 38.4. The van der Waals surface area contributed by atoms with Gasteiger partial charge in [0, 0.05) is 29.5 Å². The van der Waals surface area contributed by atoms with Crippen LogP contribution in [0.3, 0.4) is 0 Å². The van der Waals surface area contributed by atoms with Crippen LogP contribution in [0.1, 0.15) is 85.6 Å². The second kappa shape index (κ2) is 16.7. The zero-order valence-electron chi connectivity index (χ0n) is 37.6. The second-order valence-corrected chi connectivity index (χ2v) is 22.1. The van der Waals surface area contributed by atoms with Gasteiger partial charge in [-0.3, -0.25) is 19.1 Å². The number of carbonyl (C=O) groups is 4. The Bertz CT molecular complexity index is 2550. The number of hydrogen-bond acceptors (Lipinski definition) is 10. The van der Waals surface area contributed by atoms with Crippen LogP contribution in [0.25, 0.3) is 22.2 Å². The van der Waals surface area contributed by atoms with Crippen molar-refractivity contribution < 1.29 is 41.8 Å². The van der Waals surface area contributed by atoms with E-state index in [1.807, 2.05) is 99.6 Å². The molecule has 2 heterocycles. The highest BCUT2D eigenvalue weighted by molar-refractivity contribution is 7.91. The van der Waals surface area contributed by atoms with Crippen LogP contribution in [0.15, 0.2) is 84.9 Å². The number of fused-ring (bicyclic) bond motifs is 1. The lowest BCUT2D eigenvalue weighted by Gasteiger charge is -2.36. The van der Waals surface area contributed by atoms with Crippen molar-refractivity contribution in [2.75, 3.05) is 13.7 Å². The summed E-state index contributed by atoms with van der Waals surface area (Å²) >= 11 is 0. The Labute approximate surface area is 375 Å². The molecule has 4 aromatic rings. The summed E-state index contributed by atoms with van der Waals surface area (Å²) in [5.41, 5.74) is -0.185. The molecule has 3 aliphatic carbocycles. The number of rotatable bonds is 14. The number of nitrogens with zero attached hydrogens (tertiary/aromatic N) is 2. The highest BCUT2D eigenvalue weighted by atomic mass is 32.2. The number of carbonyl (C=O) groups excluding carboxylic acids is 4. The van der Waals surface area contributed by atoms with E-state index >= 15 is 0 Å². The first kappa shape index (κ1) is 44.9. The molecule has 4 amide bonds. The van der Waals surface area contributed by atoms with Gasteiger partial charge in [-0.25, -0.2) is 18.2 Å². The van der Waals surface area contributed by atoms with Gasteiger partial charge in [0.2, 0.25) is 21.8 Å². The summed E-state index contributed by atoms with van der Waals surface area (Å²) < 4.78 is 47.2. The number of hydrogen-bond donors (Lipinski definition) is 3. The van der Waals surface area contributed by atoms with Crippen LogP contribution in [0.5, 0.6) is 11.5 Å². The third-order valence-electron chi connectivity index (χ3n) is 12.9. The molecule has 5 unspecified atom stereocenters. The summed E-state index contributed by atoms with van der Waals surface area (Å²) in [6.45, 7) is 10.6. The molecule has 8 rings (SSSR count). The molecule has 64 heavy (non-hydrogen) atoms. The summed E-state index contributed by atoms with van der Waals surface area (Å²) in [6.07, 6.45) is 1.61. The Morgan fingerprint density at radius 2 is 1.58 bits per heavy atom. The number of nitrogens with one attached hydrogen (secondary N) is 3. The van der Waals surface area contributed by atoms with Crippen molar-refractivity contribution in [3.8, 4) is 22.8 Å². The fourth-order valence-corrected chi connectivity index (χ4v) is 10.7. The van der Waals surface area contributed by atoms with Crippen LogP contribution in [-0.4, -0.2) is 89.8 Å². The van der Waals surface area contributed by atoms with Crippen LogP contribution in [0.4, 0.5) is 4.79 Å². The lowest BCUT2D eigenvalue weighted by Crippen LogP contribution is -2.60. The first-order chi connectivity index (χ1) is 30.2. The SMILES string of the molecule is COc1ccc2c(OC3CC(C(=O)NC4(C(=O)NS(=O)(=O)C5(Cc6ccccc6)CC5)CC4C4CC4)N(C(=O)C(NC(=O)OC(C)(C)C)C(C)(C)C)C3)cc(-c3ccccc3)nc2c1. The summed E-state index contributed by atoms with van der Waals surface area (Å²) in [6, 6.07) is 24.0. The smallest absolute Gasteiger partial charge is 0.408 e. The molecular weight excluding hydrogens is 835 g/mol.